The number of hydrogen-bond acceptors (Lipinski definition) is 4. The zero-order valence-corrected chi connectivity index (χ0v) is 13.1. The minimum atomic E-state index is -0.129. The maximum atomic E-state index is 12.4. The average molecular weight is 311 g/mol. The molecule has 0 unspecified atom stereocenters. The Morgan fingerprint density at radius 2 is 2.00 bits per heavy atom. The predicted molar refractivity (Wildman–Crippen MR) is 86.1 cm³/mol. The molecule has 0 radical (unpaired) electrons. The van der Waals surface area contributed by atoms with E-state index in [0.717, 1.165) is 11.3 Å². The summed E-state index contributed by atoms with van der Waals surface area (Å²) in [6, 6.07) is 9.16. The van der Waals surface area contributed by atoms with E-state index in [4.69, 9.17) is 4.42 Å². The van der Waals surface area contributed by atoms with E-state index in [1.165, 1.54) is 4.90 Å². The van der Waals surface area contributed by atoms with Gasteiger partial charge < -0.3 is 14.6 Å². The molecule has 1 atom stereocenters. The number of amides is 1. The summed E-state index contributed by atoms with van der Waals surface area (Å²) in [4.78, 5) is 22.0. The van der Waals surface area contributed by atoms with Gasteiger partial charge in [-0.3, -0.25) is 14.8 Å². The SMILES string of the molecule is C[NH+](C)[C@@H](CNC(=O)c1ccc2nccnc2c1)c1ccco1. The first-order valence-electron chi connectivity index (χ1n) is 7.47. The average Bonchev–Trinajstić information content (AvgIpc) is 3.08. The zero-order valence-electron chi connectivity index (χ0n) is 13.1. The lowest BCUT2D eigenvalue weighted by Crippen LogP contribution is -3.07. The van der Waals surface area contributed by atoms with Gasteiger partial charge in [-0.25, -0.2) is 0 Å². The van der Waals surface area contributed by atoms with Crippen molar-refractivity contribution < 1.29 is 14.1 Å². The molecule has 0 saturated heterocycles. The van der Waals surface area contributed by atoms with Crippen molar-refractivity contribution in [3.63, 3.8) is 0 Å². The van der Waals surface area contributed by atoms with Crippen LogP contribution in [0.4, 0.5) is 0 Å². The van der Waals surface area contributed by atoms with Gasteiger partial charge >= 0.3 is 0 Å². The Bertz CT molecular complexity index is 799. The summed E-state index contributed by atoms with van der Waals surface area (Å²) in [6.45, 7) is 0.493. The van der Waals surface area contributed by atoms with Gasteiger partial charge in [0, 0.05) is 18.0 Å². The predicted octanol–water partition coefficient (Wildman–Crippen LogP) is 0.838. The molecule has 0 aliphatic heterocycles. The first-order chi connectivity index (χ1) is 11.1. The lowest BCUT2D eigenvalue weighted by molar-refractivity contribution is -0.891. The molecule has 23 heavy (non-hydrogen) atoms. The number of aromatic nitrogens is 2. The van der Waals surface area contributed by atoms with Crippen LogP contribution >= 0.6 is 0 Å². The summed E-state index contributed by atoms with van der Waals surface area (Å²) in [7, 11) is 4.07. The molecule has 6 nitrogen and oxygen atoms in total. The highest BCUT2D eigenvalue weighted by Gasteiger charge is 2.21. The van der Waals surface area contributed by atoms with Gasteiger partial charge in [0.1, 0.15) is 0 Å². The summed E-state index contributed by atoms with van der Waals surface area (Å²) < 4.78 is 5.46. The smallest absolute Gasteiger partial charge is 0.251 e. The van der Waals surface area contributed by atoms with Crippen molar-refractivity contribution in [3.05, 3.63) is 60.3 Å². The van der Waals surface area contributed by atoms with Crippen LogP contribution in [0.3, 0.4) is 0 Å². The van der Waals surface area contributed by atoms with E-state index in [1.54, 1.807) is 36.9 Å². The zero-order chi connectivity index (χ0) is 16.2. The number of furan rings is 1. The molecule has 0 bridgehead atoms. The molecule has 2 heterocycles. The Labute approximate surface area is 134 Å². The highest BCUT2D eigenvalue weighted by Crippen LogP contribution is 2.12. The van der Waals surface area contributed by atoms with Crippen molar-refractivity contribution in [1.29, 1.82) is 0 Å². The number of hydrogen-bond donors (Lipinski definition) is 2. The van der Waals surface area contributed by atoms with Crippen LogP contribution in [-0.2, 0) is 0 Å². The molecule has 3 rings (SSSR count). The number of quaternary nitrogens is 1. The van der Waals surface area contributed by atoms with Crippen LogP contribution in [0, 0.1) is 0 Å². The van der Waals surface area contributed by atoms with E-state index in [9.17, 15) is 4.79 Å². The molecule has 1 aromatic carbocycles. The summed E-state index contributed by atoms with van der Waals surface area (Å²) in [6.07, 6.45) is 4.90. The Hall–Kier alpha value is -2.73. The van der Waals surface area contributed by atoms with Crippen molar-refractivity contribution in [2.75, 3.05) is 20.6 Å². The Balaban J connectivity index is 1.72. The fourth-order valence-electron chi connectivity index (χ4n) is 2.48. The van der Waals surface area contributed by atoms with Crippen LogP contribution < -0.4 is 10.2 Å². The van der Waals surface area contributed by atoms with Crippen LogP contribution in [0.2, 0.25) is 0 Å². The van der Waals surface area contributed by atoms with Crippen LogP contribution in [0.1, 0.15) is 22.2 Å². The second-order valence-corrected chi connectivity index (χ2v) is 5.62. The van der Waals surface area contributed by atoms with Crippen molar-refractivity contribution in [3.8, 4) is 0 Å². The van der Waals surface area contributed by atoms with Crippen LogP contribution in [0.5, 0.6) is 0 Å². The fourth-order valence-corrected chi connectivity index (χ4v) is 2.48. The van der Waals surface area contributed by atoms with Gasteiger partial charge in [-0.05, 0) is 30.3 Å². The lowest BCUT2D eigenvalue weighted by Gasteiger charge is -2.19. The Morgan fingerprint density at radius 3 is 2.70 bits per heavy atom. The minimum absolute atomic E-state index is 0.0641. The quantitative estimate of drug-likeness (QED) is 0.732. The number of rotatable bonds is 5. The fraction of sp³-hybridized carbons (Fsp3) is 0.235. The van der Waals surface area contributed by atoms with E-state index in [-0.39, 0.29) is 11.9 Å². The molecule has 118 valence electrons. The molecular weight excluding hydrogens is 292 g/mol. The number of carbonyl (C=O) groups is 1. The third-order valence-electron chi connectivity index (χ3n) is 3.78. The molecule has 6 heteroatoms. The minimum Gasteiger partial charge on any atom is -0.463 e. The maximum absolute atomic E-state index is 12.4. The largest absolute Gasteiger partial charge is 0.463 e. The molecule has 0 saturated carbocycles. The summed E-state index contributed by atoms with van der Waals surface area (Å²) in [5.41, 5.74) is 2.06. The van der Waals surface area contributed by atoms with Gasteiger partial charge in [-0.1, -0.05) is 0 Å². The molecule has 0 spiro atoms. The van der Waals surface area contributed by atoms with Gasteiger partial charge in [0.05, 0.1) is 37.9 Å². The van der Waals surface area contributed by atoms with E-state index in [2.05, 4.69) is 15.3 Å². The van der Waals surface area contributed by atoms with Crippen molar-refractivity contribution in [2.45, 2.75) is 6.04 Å². The van der Waals surface area contributed by atoms with Gasteiger partial charge in [-0.2, -0.15) is 0 Å². The summed E-state index contributed by atoms with van der Waals surface area (Å²) in [5, 5.41) is 2.97. The Kier molecular flexibility index (Phi) is 4.34. The van der Waals surface area contributed by atoms with Crippen LogP contribution in [-0.4, -0.2) is 36.5 Å². The molecule has 1 amide bonds. The molecule has 0 aliphatic rings. The lowest BCUT2D eigenvalue weighted by atomic mass is 10.1. The van der Waals surface area contributed by atoms with E-state index < -0.39 is 0 Å². The molecule has 2 N–H and O–H groups in total. The van der Waals surface area contributed by atoms with Crippen molar-refractivity contribution >= 4 is 16.9 Å². The van der Waals surface area contributed by atoms with Gasteiger partial charge in [-0.15, -0.1) is 0 Å². The molecule has 3 aromatic rings. The molecular formula is C17H19N4O2+. The highest BCUT2D eigenvalue weighted by molar-refractivity contribution is 5.97. The van der Waals surface area contributed by atoms with Gasteiger partial charge in [0.2, 0.25) is 0 Å². The number of benzene rings is 1. The number of fused-ring (bicyclic) bond motifs is 1. The first kappa shape index (κ1) is 15.2. The highest BCUT2D eigenvalue weighted by atomic mass is 16.3. The number of carbonyl (C=O) groups excluding carboxylic acids is 1. The normalized spacial score (nSPS) is 12.5. The van der Waals surface area contributed by atoms with Crippen molar-refractivity contribution in [1.82, 2.24) is 15.3 Å². The van der Waals surface area contributed by atoms with Crippen LogP contribution in [0.15, 0.2) is 53.4 Å². The monoisotopic (exact) mass is 311 g/mol. The summed E-state index contributed by atoms with van der Waals surface area (Å²) >= 11 is 0. The van der Waals surface area contributed by atoms with Gasteiger partial charge in [0.15, 0.2) is 11.8 Å². The first-order valence-corrected chi connectivity index (χ1v) is 7.47. The third-order valence-corrected chi connectivity index (χ3v) is 3.78. The van der Waals surface area contributed by atoms with Gasteiger partial charge in [0.25, 0.3) is 5.91 Å². The molecule has 2 aromatic heterocycles. The second-order valence-electron chi connectivity index (χ2n) is 5.62. The van der Waals surface area contributed by atoms with E-state index in [1.807, 2.05) is 26.2 Å². The number of nitrogens with one attached hydrogen (secondary N) is 2. The topological polar surface area (TPSA) is 72.5 Å². The van der Waals surface area contributed by atoms with E-state index >= 15 is 0 Å². The number of likely N-dealkylation sites (N-methyl/N-ethyl adjacent to an activating group) is 1. The Morgan fingerprint density at radius 1 is 1.22 bits per heavy atom. The number of nitrogens with zero attached hydrogens (tertiary/aromatic N) is 2. The maximum Gasteiger partial charge on any atom is 0.251 e. The van der Waals surface area contributed by atoms with E-state index in [0.29, 0.717) is 17.6 Å². The standard InChI is InChI=1S/C17H18N4O2/c1-21(2)15(16-4-3-9-23-16)11-20-17(22)12-5-6-13-14(10-12)19-8-7-18-13/h3-10,15H,11H2,1-2H3,(H,20,22)/p+1/t15-/m0/s1. The van der Waals surface area contributed by atoms with Crippen molar-refractivity contribution in [2.24, 2.45) is 0 Å². The van der Waals surface area contributed by atoms with Crippen LogP contribution in [0.25, 0.3) is 11.0 Å². The molecule has 0 fully saturated rings. The second kappa shape index (κ2) is 6.58. The summed E-state index contributed by atoms with van der Waals surface area (Å²) in [5.74, 6) is 0.727. The molecule has 0 aliphatic carbocycles. The third kappa shape index (κ3) is 3.37.